The number of nitriles is 1. The molecule has 1 fully saturated rings. The molecule has 1 aliphatic carbocycles. The second-order valence-corrected chi connectivity index (χ2v) is 5.25. The molecule has 0 bridgehead atoms. The molecule has 2 atom stereocenters. The van der Waals surface area contributed by atoms with E-state index < -0.39 is 0 Å². The fourth-order valence-corrected chi connectivity index (χ4v) is 2.92. The zero-order chi connectivity index (χ0) is 13.0. The van der Waals surface area contributed by atoms with E-state index in [4.69, 9.17) is 0 Å². The average molecular weight is 246 g/mol. The van der Waals surface area contributed by atoms with Gasteiger partial charge in [0.2, 0.25) is 0 Å². The third-order valence-corrected chi connectivity index (χ3v) is 3.91. The molecule has 18 heavy (non-hydrogen) atoms. The van der Waals surface area contributed by atoms with Gasteiger partial charge in [0.15, 0.2) is 0 Å². The molecule has 1 N–H and O–H groups in total. The van der Waals surface area contributed by atoms with Crippen LogP contribution in [0.4, 0.5) is 0 Å². The molecule has 0 saturated heterocycles. The van der Waals surface area contributed by atoms with Gasteiger partial charge in [-0.1, -0.05) is 6.92 Å². The Balaban J connectivity index is 2.12. The van der Waals surface area contributed by atoms with Gasteiger partial charge in [0, 0.05) is 18.4 Å². The monoisotopic (exact) mass is 246 g/mol. The van der Waals surface area contributed by atoms with Crippen LogP contribution in [0.15, 0.2) is 12.4 Å². The molecule has 4 heteroatoms. The van der Waals surface area contributed by atoms with Gasteiger partial charge in [0.25, 0.3) is 0 Å². The smallest absolute Gasteiger partial charge is 0.108 e. The summed E-state index contributed by atoms with van der Waals surface area (Å²) in [5, 5.41) is 13.0. The van der Waals surface area contributed by atoms with E-state index in [1.807, 2.05) is 19.3 Å². The Labute approximate surface area is 109 Å². The van der Waals surface area contributed by atoms with Crippen LogP contribution in [-0.2, 0) is 0 Å². The SMILES string of the molecule is CCCNC1(C#N)CCCC(n2ccnc2C)C1. The Kier molecular flexibility index (Phi) is 4.03. The molecular formula is C14H22N4. The van der Waals surface area contributed by atoms with Gasteiger partial charge in [0.1, 0.15) is 11.4 Å². The maximum Gasteiger partial charge on any atom is 0.108 e. The van der Waals surface area contributed by atoms with E-state index in [-0.39, 0.29) is 5.54 Å². The molecule has 0 aromatic carbocycles. The second-order valence-electron chi connectivity index (χ2n) is 5.25. The molecule has 98 valence electrons. The topological polar surface area (TPSA) is 53.6 Å². The van der Waals surface area contributed by atoms with Crippen LogP contribution in [0.2, 0.25) is 0 Å². The van der Waals surface area contributed by atoms with Gasteiger partial charge >= 0.3 is 0 Å². The van der Waals surface area contributed by atoms with Crippen molar-refractivity contribution in [3.63, 3.8) is 0 Å². The summed E-state index contributed by atoms with van der Waals surface area (Å²) in [5.74, 6) is 1.05. The Morgan fingerprint density at radius 3 is 3.11 bits per heavy atom. The van der Waals surface area contributed by atoms with E-state index in [1.54, 1.807) is 0 Å². The molecule has 1 aliphatic rings. The number of nitrogens with one attached hydrogen (secondary N) is 1. The molecule has 0 amide bonds. The molecule has 1 aromatic heterocycles. The molecule has 2 unspecified atom stereocenters. The van der Waals surface area contributed by atoms with Crippen LogP contribution in [-0.4, -0.2) is 21.6 Å². The van der Waals surface area contributed by atoms with Crippen LogP contribution < -0.4 is 5.32 Å². The van der Waals surface area contributed by atoms with Crippen molar-refractivity contribution in [1.82, 2.24) is 14.9 Å². The van der Waals surface area contributed by atoms with Crippen LogP contribution >= 0.6 is 0 Å². The fraction of sp³-hybridized carbons (Fsp3) is 0.714. The zero-order valence-corrected chi connectivity index (χ0v) is 11.3. The lowest BCUT2D eigenvalue weighted by molar-refractivity contribution is 0.229. The highest BCUT2D eigenvalue weighted by Gasteiger charge is 2.36. The number of aryl methyl sites for hydroxylation is 1. The van der Waals surface area contributed by atoms with Gasteiger partial charge < -0.3 is 4.57 Å². The van der Waals surface area contributed by atoms with E-state index in [1.165, 1.54) is 0 Å². The largest absolute Gasteiger partial charge is 0.332 e. The zero-order valence-electron chi connectivity index (χ0n) is 11.3. The summed E-state index contributed by atoms with van der Waals surface area (Å²) in [6.45, 7) is 5.09. The predicted molar refractivity (Wildman–Crippen MR) is 71.1 cm³/mol. The first-order valence-corrected chi connectivity index (χ1v) is 6.86. The van der Waals surface area contributed by atoms with Gasteiger partial charge in [0.05, 0.1) is 6.07 Å². The molecule has 1 heterocycles. The maximum absolute atomic E-state index is 9.52. The van der Waals surface area contributed by atoms with Crippen LogP contribution in [0.1, 0.15) is 50.9 Å². The minimum Gasteiger partial charge on any atom is -0.332 e. The van der Waals surface area contributed by atoms with Gasteiger partial charge in [-0.2, -0.15) is 5.26 Å². The van der Waals surface area contributed by atoms with E-state index in [2.05, 4.69) is 27.9 Å². The van der Waals surface area contributed by atoms with Crippen molar-refractivity contribution < 1.29 is 0 Å². The molecule has 1 saturated carbocycles. The second kappa shape index (κ2) is 5.53. The first-order chi connectivity index (χ1) is 8.71. The lowest BCUT2D eigenvalue weighted by Crippen LogP contribution is -2.48. The molecule has 4 nitrogen and oxygen atoms in total. The van der Waals surface area contributed by atoms with Gasteiger partial charge in [-0.05, 0) is 45.6 Å². The maximum atomic E-state index is 9.52. The highest BCUT2D eigenvalue weighted by Crippen LogP contribution is 2.35. The highest BCUT2D eigenvalue weighted by molar-refractivity contribution is 5.11. The van der Waals surface area contributed by atoms with E-state index in [0.717, 1.165) is 44.5 Å². The van der Waals surface area contributed by atoms with Crippen molar-refractivity contribution in [2.45, 2.75) is 57.5 Å². The summed E-state index contributed by atoms with van der Waals surface area (Å²) < 4.78 is 2.22. The van der Waals surface area contributed by atoms with Gasteiger partial charge in [-0.25, -0.2) is 4.98 Å². The summed E-state index contributed by atoms with van der Waals surface area (Å²) in [5.41, 5.74) is -0.338. The number of aromatic nitrogens is 2. The summed E-state index contributed by atoms with van der Waals surface area (Å²) in [4.78, 5) is 4.29. The molecule has 2 rings (SSSR count). The van der Waals surface area contributed by atoms with Gasteiger partial charge in [-0.3, -0.25) is 5.32 Å². The first-order valence-electron chi connectivity index (χ1n) is 6.86. The lowest BCUT2D eigenvalue weighted by atomic mass is 9.79. The Morgan fingerprint density at radius 2 is 2.50 bits per heavy atom. The number of rotatable bonds is 4. The third kappa shape index (κ3) is 2.56. The van der Waals surface area contributed by atoms with Crippen LogP contribution in [0.25, 0.3) is 0 Å². The summed E-state index contributed by atoms with van der Waals surface area (Å²) in [7, 11) is 0. The Morgan fingerprint density at radius 1 is 1.67 bits per heavy atom. The summed E-state index contributed by atoms with van der Waals surface area (Å²) >= 11 is 0. The Bertz CT molecular complexity index is 431. The van der Waals surface area contributed by atoms with Crippen LogP contribution in [0.3, 0.4) is 0 Å². The predicted octanol–water partition coefficient (Wildman–Crippen LogP) is 2.57. The first kappa shape index (κ1) is 13.1. The summed E-state index contributed by atoms with van der Waals surface area (Å²) in [6.07, 6.45) is 9.05. The fourth-order valence-electron chi connectivity index (χ4n) is 2.92. The average Bonchev–Trinajstić information content (AvgIpc) is 2.83. The minimum absolute atomic E-state index is 0.338. The molecule has 0 aliphatic heterocycles. The number of hydrogen-bond donors (Lipinski definition) is 1. The van der Waals surface area contributed by atoms with Crippen LogP contribution in [0.5, 0.6) is 0 Å². The number of hydrogen-bond acceptors (Lipinski definition) is 3. The van der Waals surface area contributed by atoms with Crippen molar-refractivity contribution in [1.29, 1.82) is 5.26 Å². The van der Waals surface area contributed by atoms with Gasteiger partial charge in [-0.15, -0.1) is 0 Å². The van der Waals surface area contributed by atoms with E-state index in [9.17, 15) is 5.26 Å². The quantitative estimate of drug-likeness (QED) is 0.888. The van der Waals surface area contributed by atoms with E-state index >= 15 is 0 Å². The third-order valence-electron chi connectivity index (χ3n) is 3.91. The molecular weight excluding hydrogens is 224 g/mol. The number of nitrogens with zero attached hydrogens (tertiary/aromatic N) is 3. The highest BCUT2D eigenvalue weighted by atomic mass is 15.1. The van der Waals surface area contributed by atoms with E-state index in [0.29, 0.717) is 6.04 Å². The minimum atomic E-state index is -0.338. The Hall–Kier alpha value is -1.34. The van der Waals surface area contributed by atoms with Crippen molar-refractivity contribution in [3.05, 3.63) is 18.2 Å². The normalized spacial score (nSPS) is 27.9. The standard InChI is InChI=1S/C14H22N4/c1-3-7-17-14(11-15)6-4-5-13(10-14)18-9-8-16-12(18)2/h8-9,13,17H,3-7,10H2,1-2H3. The number of imidazole rings is 1. The molecule has 1 aromatic rings. The van der Waals surface area contributed by atoms with Crippen molar-refractivity contribution in [2.75, 3.05) is 6.54 Å². The van der Waals surface area contributed by atoms with Crippen LogP contribution in [0, 0.1) is 18.3 Å². The lowest BCUT2D eigenvalue weighted by Gasteiger charge is -2.37. The van der Waals surface area contributed by atoms with Crippen molar-refractivity contribution in [2.24, 2.45) is 0 Å². The van der Waals surface area contributed by atoms with Crippen molar-refractivity contribution >= 4 is 0 Å². The molecule has 0 radical (unpaired) electrons. The molecule has 0 spiro atoms. The van der Waals surface area contributed by atoms with Crippen molar-refractivity contribution in [3.8, 4) is 6.07 Å². The summed E-state index contributed by atoms with van der Waals surface area (Å²) in [6, 6.07) is 2.93.